The van der Waals surface area contributed by atoms with Crippen molar-refractivity contribution in [2.45, 2.75) is 19.3 Å². The van der Waals surface area contributed by atoms with Crippen LogP contribution in [0.4, 0.5) is 17.1 Å². The van der Waals surface area contributed by atoms with Crippen molar-refractivity contribution in [3.8, 4) is 27.9 Å². The van der Waals surface area contributed by atoms with Crippen LogP contribution >= 0.6 is 11.6 Å². The van der Waals surface area contributed by atoms with E-state index in [1.165, 1.54) is 49.3 Å². The SMILES string of the molecule is CC1(C)c2ccccc2-c2c(Cl)cc(-c3cccc(N(c4cccc(-n5c6ccccc6c6ccccc65)c4)c4ccc5ccccc5c4)c3)cc21. The van der Waals surface area contributed by atoms with Gasteiger partial charge in [-0.05, 0) is 105 Å². The second-order valence-corrected chi connectivity index (χ2v) is 14.8. The van der Waals surface area contributed by atoms with Gasteiger partial charge in [-0.2, -0.15) is 0 Å². The van der Waals surface area contributed by atoms with Crippen molar-refractivity contribution in [1.29, 1.82) is 0 Å². The molecule has 0 atom stereocenters. The fourth-order valence-corrected chi connectivity index (χ4v) is 8.81. The number of hydrogen-bond acceptors (Lipinski definition) is 1. The zero-order valence-electron chi connectivity index (χ0n) is 29.0. The van der Waals surface area contributed by atoms with Gasteiger partial charge in [0.2, 0.25) is 0 Å². The molecule has 52 heavy (non-hydrogen) atoms. The summed E-state index contributed by atoms with van der Waals surface area (Å²) in [5, 5.41) is 5.72. The summed E-state index contributed by atoms with van der Waals surface area (Å²) in [5.74, 6) is 0. The molecule has 0 aliphatic heterocycles. The smallest absolute Gasteiger partial charge is 0.0541 e. The Kier molecular flexibility index (Phi) is 6.93. The van der Waals surface area contributed by atoms with Gasteiger partial charge in [-0.3, -0.25) is 0 Å². The van der Waals surface area contributed by atoms with Crippen LogP contribution in [0, 0.1) is 0 Å². The Labute approximate surface area is 308 Å². The Morgan fingerprint density at radius 1 is 0.481 bits per heavy atom. The van der Waals surface area contributed by atoms with Gasteiger partial charge < -0.3 is 9.47 Å². The van der Waals surface area contributed by atoms with Crippen molar-refractivity contribution in [3.63, 3.8) is 0 Å². The van der Waals surface area contributed by atoms with Crippen molar-refractivity contribution in [2.24, 2.45) is 0 Å². The normalized spacial score (nSPS) is 13.1. The van der Waals surface area contributed by atoms with Crippen LogP contribution < -0.4 is 4.90 Å². The molecule has 1 heterocycles. The molecule has 0 spiro atoms. The van der Waals surface area contributed by atoms with E-state index >= 15 is 0 Å². The predicted octanol–water partition coefficient (Wildman–Crippen LogP) is 14.0. The zero-order valence-corrected chi connectivity index (χ0v) is 29.8. The minimum absolute atomic E-state index is 0.145. The first-order valence-electron chi connectivity index (χ1n) is 17.9. The molecule has 0 unspecified atom stereocenters. The molecule has 248 valence electrons. The molecule has 1 aliphatic carbocycles. The van der Waals surface area contributed by atoms with E-state index in [1.54, 1.807) is 0 Å². The lowest BCUT2D eigenvalue weighted by molar-refractivity contribution is 0.660. The van der Waals surface area contributed by atoms with Crippen LogP contribution in [-0.4, -0.2) is 4.57 Å². The maximum absolute atomic E-state index is 7.17. The van der Waals surface area contributed by atoms with E-state index in [0.717, 1.165) is 44.5 Å². The number of benzene rings is 8. The van der Waals surface area contributed by atoms with Crippen LogP contribution in [0.25, 0.3) is 60.5 Å². The lowest BCUT2D eigenvalue weighted by atomic mass is 9.81. The van der Waals surface area contributed by atoms with E-state index in [4.69, 9.17) is 11.6 Å². The Morgan fingerprint density at radius 3 is 1.90 bits per heavy atom. The highest BCUT2D eigenvalue weighted by Crippen LogP contribution is 2.52. The standard InChI is InChI=1S/C49H35ClN2/c1-49(2)43-22-8-5-21-42(43)48-44(49)29-35(30-45(48)50)34-15-11-16-36(28-34)51(39-26-25-32-13-3-4-14-33(32)27-39)37-17-12-18-38(31-37)52-46-23-9-6-19-40(46)41-20-7-10-24-47(41)52/h3-31H,1-2H3. The summed E-state index contributed by atoms with van der Waals surface area (Å²) in [6.07, 6.45) is 0. The third-order valence-electron chi connectivity index (χ3n) is 11.0. The molecular weight excluding hydrogens is 652 g/mol. The second kappa shape index (κ2) is 11.7. The summed E-state index contributed by atoms with van der Waals surface area (Å²) >= 11 is 7.17. The minimum atomic E-state index is -0.145. The molecule has 0 amide bonds. The highest BCUT2D eigenvalue weighted by Gasteiger charge is 2.37. The molecule has 1 aliphatic rings. The Bertz CT molecular complexity index is 2810. The Balaban J connectivity index is 1.15. The summed E-state index contributed by atoms with van der Waals surface area (Å²) in [4.78, 5) is 2.38. The summed E-state index contributed by atoms with van der Waals surface area (Å²) in [7, 11) is 0. The number of anilines is 3. The fourth-order valence-electron chi connectivity index (χ4n) is 8.49. The number of halogens is 1. The fraction of sp³-hybridized carbons (Fsp3) is 0.0612. The number of rotatable bonds is 5. The molecule has 9 aromatic rings. The first-order chi connectivity index (χ1) is 25.5. The van der Waals surface area contributed by atoms with Crippen LogP contribution in [0.5, 0.6) is 0 Å². The second-order valence-electron chi connectivity index (χ2n) is 14.4. The summed E-state index contributed by atoms with van der Waals surface area (Å²) in [5.41, 5.74) is 13.8. The molecule has 0 bridgehead atoms. The van der Waals surface area contributed by atoms with Gasteiger partial charge in [-0.15, -0.1) is 0 Å². The quantitative estimate of drug-likeness (QED) is 0.175. The molecule has 1 aromatic heterocycles. The first kappa shape index (κ1) is 30.7. The molecule has 0 fully saturated rings. The molecule has 2 nitrogen and oxygen atoms in total. The van der Waals surface area contributed by atoms with Crippen molar-refractivity contribution in [2.75, 3.05) is 4.90 Å². The van der Waals surface area contributed by atoms with Crippen LogP contribution in [0.1, 0.15) is 25.0 Å². The number of para-hydroxylation sites is 2. The van der Waals surface area contributed by atoms with E-state index in [1.807, 2.05) is 0 Å². The molecule has 10 rings (SSSR count). The zero-order chi connectivity index (χ0) is 35.0. The average Bonchev–Trinajstić information content (AvgIpc) is 3.64. The average molecular weight is 687 g/mol. The van der Waals surface area contributed by atoms with Gasteiger partial charge in [0, 0.05) is 49.5 Å². The molecule has 0 saturated carbocycles. The van der Waals surface area contributed by atoms with Gasteiger partial charge >= 0.3 is 0 Å². The summed E-state index contributed by atoms with van der Waals surface area (Å²) in [6, 6.07) is 63.6. The molecule has 0 N–H and O–H groups in total. The van der Waals surface area contributed by atoms with Gasteiger partial charge in [-0.1, -0.05) is 135 Å². The molecular formula is C49H35ClN2. The minimum Gasteiger partial charge on any atom is -0.310 e. The van der Waals surface area contributed by atoms with Crippen molar-refractivity contribution in [1.82, 2.24) is 4.57 Å². The van der Waals surface area contributed by atoms with E-state index in [0.29, 0.717) is 0 Å². The van der Waals surface area contributed by atoms with Crippen LogP contribution in [0.2, 0.25) is 5.02 Å². The van der Waals surface area contributed by atoms with Gasteiger partial charge in [0.25, 0.3) is 0 Å². The van der Waals surface area contributed by atoms with Gasteiger partial charge in [0.15, 0.2) is 0 Å². The Hall–Kier alpha value is -6.09. The topological polar surface area (TPSA) is 8.17 Å². The molecule has 0 saturated heterocycles. The third-order valence-corrected chi connectivity index (χ3v) is 11.3. The highest BCUT2D eigenvalue weighted by atomic mass is 35.5. The highest BCUT2D eigenvalue weighted by molar-refractivity contribution is 6.34. The number of hydrogen-bond donors (Lipinski definition) is 0. The van der Waals surface area contributed by atoms with Crippen molar-refractivity contribution >= 4 is 61.2 Å². The summed E-state index contributed by atoms with van der Waals surface area (Å²) < 4.78 is 2.38. The van der Waals surface area contributed by atoms with Crippen molar-refractivity contribution < 1.29 is 0 Å². The lowest BCUT2D eigenvalue weighted by Crippen LogP contribution is -2.15. The summed E-state index contributed by atoms with van der Waals surface area (Å²) in [6.45, 7) is 4.61. The number of nitrogens with zero attached hydrogens (tertiary/aromatic N) is 2. The molecule has 8 aromatic carbocycles. The monoisotopic (exact) mass is 686 g/mol. The lowest BCUT2D eigenvalue weighted by Gasteiger charge is -2.27. The van der Waals surface area contributed by atoms with Crippen LogP contribution in [0.3, 0.4) is 0 Å². The maximum atomic E-state index is 7.17. The molecule has 0 radical (unpaired) electrons. The van der Waals surface area contributed by atoms with Gasteiger partial charge in [-0.25, -0.2) is 0 Å². The first-order valence-corrected chi connectivity index (χ1v) is 18.3. The van der Waals surface area contributed by atoms with Crippen LogP contribution in [-0.2, 0) is 5.41 Å². The predicted molar refractivity (Wildman–Crippen MR) is 221 cm³/mol. The van der Waals surface area contributed by atoms with E-state index < -0.39 is 0 Å². The van der Waals surface area contributed by atoms with E-state index in [2.05, 4.69) is 199 Å². The number of fused-ring (bicyclic) bond motifs is 7. The van der Waals surface area contributed by atoms with Crippen molar-refractivity contribution in [3.05, 3.63) is 192 Å². The largest absolute Gasteiger partial charge is 0.310 e. The Morgan fingerprint density at radius 2 is 1.12 bits per heavy atom. The molecule has 3 heteroatoms. The maximum Gasteiger partial charge on any atom is 0.0541 e. The number of aromatic nitrogens is 1. The van der Waals surface area contributed by atoms with Gasteiger partial charge in [0.1, 0.15) is 0 Å². The third kappa shape index (κ3) is 4.72. The van der Waals surface area contributed by atoms with E-state index in [-0.39, 0.29) is 5.41 Å². The van der Waals surface area contributed by atoms with Crippen LogP contribution in [0.15, 0.2) is 176 Å². The van der Waals surface area contributed by atoms with E-state index in [9.17, 15) is 0 Å². The van der Waals surface area contributed by atoms with Gasteiger partial charge in [0.05, 0.1) is 11.0 Å².